The zero-order chi connectivity index (χ0) is 26.8. The van der Waals surface area contributed by atoms with Gasteiger partial charge in [0.2, 0.25) is 0 Å². The number of benzene rings is 2. The highest BCUT2D eigenvalue weighted by Crippen LogP contribution is 2.29. The number of likely N-dealkylation sites (tertiary alicyclic amines) is 1. The monoisotopic (exact) mass is 529 g/mol. The maximum Gasteiger partial charge on any atom is 0.306 e. The van der Waals surface area contributed by atoms with Crippen LogP contribution in [-0.4, -0.2) is 54.4 Å². The number of rotatable bonds is 14. The lowest BCUT2D eigenvalue weighted by Gasteiger charge is -2.28. The number of carbonyl (C=O) groups is 1. The third-order valence-electron chi connectivity index (χ3n) is 7.45. The molecule has 0 bridgehead atoms. The Kier molecular flexibility index (Phi) is 11.9. The molecule has 1 saturated heterocycles. The number of carbonyl (C=O) groups excluding carboxylic acids is 1. The third kappa shape index (κ3) is 8.54. The molecule has 0 saturated carbocycles. The van der Waals surface area contributed by atoms with Crippen LogP contribution in [0.1, 0.15) is 80.4 Å². The molecule has 1 aliphatic heterocycles. The number of nitrogens with zero attached hydrogens (tertiary/aromatic N) is 1. The first kappa shape index (κ1) is 29.6. The van der Waals surface area contributed by atoms with Crippen molar-refractivity contribution in [3.8, 4) is 0 Å². The fraction of sp³-hybridized carbons (Fsp3) is 0.581. The van der Waals surface area contributed by atoms with Crippen molar-refractivity contribution in [2.75, 3.05) is 26.3 Å². The molecule has 1 fully saturated rings. The summed E-state index contributed by atoms with van der Waals surface area (Å²) < 4.78 is 11.4. The molecular formula is C31H44ClNO4. The van der Waals surface area contributed by atoms with Crippen molar-refractivity contribution in [1.82, 2.24) is 4.90 Å². The van der Waals surface area contributed by atoms with E-state index in [1.54, 1.807) is 0 Å². The molecule has 0 unspecified atom stereocenters. The van der Waals surface area contributed by atoms with Gasteiger partial charge in [0.15, 0.2) is 0 Å². The van der Waals surface area contributed by atoms with Crippen LogP contribution < -0.4 is 0 Å². The summed E-state index contributed by atoms with van der Waals surface area (Å²) in [7, 11) is 0. The second-order valence-electron chi connectivity index (χ2n) is 10.1. The minimum atomic E-state index is -0.557. The van der Waals surface area contributed by atoms with Crippen molar-refractivity contribution in [2.24, 2.45) is 0 Å². The Hall–Kier alpha value is -1.92. The number of ether oxygens (including phenoxy) is 2. The van der Waals surface area contributed by atoms with Crippen molar-refractivity contribution in [3.05, 3.63) is 69.2 Å². The topological polar surface area (TPSA) is 59.0 Å². The standard InChI is InChI=1S/C31H44ClNO4/c1-5-24-18-23(13-15-29(24)32)19-25-11-9-17-33(25)20-26(34)21-37-30(6-2)28-12-8-10-22(4)27(28)14-16-31(35)36-7-3/h8,10,12-13,15,18,25-26,30,34H,5-7,9,11,14,16-17,19-21H2,1-4H3/t25-,26+,30+/m0/s1. The number of hydrogen-bond donors (Lipinski definition) is 1. The molecule has 1 N–H and O–H groups in total. The Morgan fingerprint density at radius 3 is 2.76 bits per heavy atom. The summed E-state index contributed by atoms with van der Waals surface area (Å²) in [6.07, 6.45) is 5.30. The van der Waals surface area contributed by atoms with E-state index in [1.165, 1.54) is 11.1 Å². The molecule has 5 nitrogen and oxygen atoms in total. The Bertz CT molecular complexity index is 1010. The van der Waals surface area contributed by atoms with E-state index in [1.807, 2.05) is 19.1 Å². The second-order valence-corrected chi connectivity index (χ2v) is 10.5. The molecule has 2 aromatic carbocycles. The summed E-state index contributed by atoms with van der Waals surface area (Å²) in [6, 6.07) is 13.0. The van der Waals surface area contributed by atoms with Gasteiger partial charge in [-0.2, -0.15) is 0 Å². The molecule has 1 aliphatic rings. The van der Waals surface area contributed by atoms with Crippen LogP contribution in [0.25, 0.3) is 0 Å². The van der Waals surface area contributed by atoms with Gasteiger partial charge in [0, 0.05) is 24.0 Å². The van der Waals surface area contributed by atoms with E-state index in [0.29, 0.717) is 32.0 Å². The number of hydrogen-bond acceptors (Lipinski definition) is 5. The summed E-state index contributed by atoms with van der Waals surface area (Å²) in [5.41, 5.74) is 5.90. The van der Waals surface area contributed by atoms with Gasteiger partial charge in [-0.15, -0.1) is 0 Å². The molecule has 3 rings (SSSR count). The first-order chi connectivity index (χ1) is 17.9. The minimum Gasteiger partial charge on any atom is -0.466 e. The van der Waals surface area contributed by atoms with Crippen LogP contribution in [0.4, 0.5) is 0 Å². The van der Waals surface area contributed by atoms with Crippen LogP contribution >= 0.6 is 11.6 Å². The number of β-amino-alcohol motifs (C(OH)–C–C–N with tert-alkyl or cyclic N) is 1. The van der Waals surface area contributed by atoms with Crippen LogP contribution in [0.2, 0.25) is 5.02 Å². The van der Waals surface area contributed by atoms with Crippen LogP contribution in [-0.2, 0) is 33.5 Å². The molecule has 1 heterocycles. The lowest BCUT2D eigenvalue weighted by atomic mass is 9.93. The van der Waals surface area contributed by atoms with Gasteiger partial charge in [0.1, 0.15) is 0 Å². The number of aliphatic hydroxyl groups excluding tert-OH is 1. The summed E-state index contributed by atoms with van der Waals surface area (Å²) in [4.78, 5) is 14.4. The predicted octanol–water partition coefficient (Wildman–Crippen LogP) is 6.24. The highest BCUT2D eigenvalue weighted by molar-refractivity contribution is 6.31. The van der Waals surface area contributed by atoms with Gasteiger partial charge in [-0.25, -0.2) is 0 Å². The van der Waals surface area contributed by atoms with Gasteiger partial charge in [-0.05, 0) is 92.8 Å². The quantitative estimate of drug-likeness (QED) is 0.293. The third-order valence-corrected chi connectivity index (χ3v) is 7.81. The van der Waals surface area contributed by atoms with E-state index in [0.717, 1.165) is 60.4 Å². The van der Waals surface area contributed by atoms with Gasteiger partial charge >= 0.3 is 5.97 Å². The van der Waals surface area contributed by atoms with Crippen molar-refractivity contribution in [3.63, 3.8) is 0 Å². The van der Waals surface area contributed by atoms with E-state index >= 15 is 0 Å². The average molecular weight is 530 g/mol. The van der Waals surface area contributed by atoms with E-state index in [-0.39, 0.29) is 18.7 Å². The van der Waals surface area contributed by atoms with Gasteiger partial charge < -0.3 is 14.6 Å². The molecule has 0 aromatic heterocycles. The Labute approximate surface area is 228 Å². The molecule has 0 aliphatic carbocycles. The molecule has 0 spiro atoms. The molecule has 37 heavy (non-hydrogen) atoms. The molecule has 2 aromatic rings. The van der Waals surface area contributed by atoms with E-state index < -0.39 is 6.10 Å². The van der Waals surface area contributed by atoms with Crippen molar-refractivity contribution < 1.29 is 19.4 Å². The summed E-state index contributed by atoms with van der Waals surface area (Å²) in [5.74, 6) is -0.175. The SMILES string of the molecule is CCOC(=O)CCc1c(C)cccc1[C@@H](CC)OC[C@H](O)CN1CCC[C@H]1Cc1ccc(Cl)c(CC)c1. The molecule has 0 amide bonds. The van der Waals surface area contributed by atoms with E-state index in [4.69, 9.17) is 21.1 Å². The Morgan fingerprint density at radius 2 is 2.03 bits per heavy atom. The van der Waals surface area contributed by atoms with Crippen LogP contribution in [0.5, 0.6) is 0 Å². The van der Waals surface area contributed by atoms with Crippen molar-refractivity contribution in [2.45, 2.75) is 90.9 Å². The maximum absolute atomic E-state index is 11.9. The largest absolute Gasteiger partial charge is 0.466 e. The number of halogens is 1. The average Bonchev–Trinajstić information content (AvgIpc) is 3.31. The molecule has 204 valence electrons. The Morgan fingerprint density at radius 1 is 1.22 bits per heavy atom. The zero-order valence-corrected chi connectivity index (χ0v) is 23.7. The van der Waals surface area contributed by atoms with Crippen LogP contribution in [0, 0.1) is 6.92 Å². The number of aliphatic hydroxyl groups is 1. The molecule has 3 atom stereocenters. The first-order valence-electron chi connectivity index (χ1n) is 13.9. The van der Waals surface area contributed by atoms with Gasteiger partial charge in [0.25, 0.3) is 0 Å². The van der Waals surface area contributed by atoms with E-state index in [2.05, 4.69) is 49.9 Å². The normalized spacial score (nSPS) is 17.6. The van der Waals surface area contributed by atoms with Gasteiger partial charge in [0.05, 0.1) is 25.4 Å². The van der Waals surface area contributed by atoms with Gasteiger partial charge in [-0.1, -0.05) is 55.8 Å². The minimum absolute atomic E-state index is 0.123. The number of aryl methyl sites for hydroxylation is 2. The smallest absolute Gasteiger partial charge is 0.306 e. The molecule has 0 radical (unpaired) electrons. The lowest BCUT2D eigenvalue weighted by Crippen LogP contribution is -2.39. The Balaban J connectivity index is 1.58. The fourth-order valence-electron chi connectivity index (χ4n) is 5.47. The van der Waals surface area contributed by atoms with Crippen molar-refractivity contribution in [1.29, 1.82) is 0 Å². The summed E-state index contributed by atoms with van der Waals surface area (Å²) in [5, 5.41) is 11.8. The van der Waals surface area contributed by atoms with Gasteiger partial charge in [-0.3, -0.25) is 9.69 Å². The fourth-order valence-corrected chi connectivity index (χ4v) is 5.72. The first-order valence-corrected chi connectivity index (χ1v) is 14.3. The van der Waals surface area contributed by atoms with E-state index in [9.17, 15) is 9.90 Å². The lowest BCUT2D eigenvalue weighted by molar-refractivity contribution is -0.143. The summed E-state index contributed by atoms with van der Waals surface area (Å²) in [6.45, 7) is 10.4. The molecule has 6 heteroatoms. The highest BCUT2D eigenvalue weighted by Gasteiger charge is 2.27. The predicted molar refractivity (Wildman–Crippen MR) is 150 cm³/mol. The van der Waals surface area contributed by atoms with Crippen LogP contribution in [0.15, 0.2) is 36.4 Å². The van der Waals surface area contributed by atoms with Crippen molar-refractivity contribution >= 4 is 17.6 Å². The van der Waals surface area contributed by atoms with Crippen LogP contribution in [0.3, 0.4) is 0 Å². The second kappa shape index (κ2) is 14.9. The molecular weight excluding hydrogens is 486 g/mol. The summed E-state index contributed by atoms with van der Waals surface area (Å²) >= 11 is 6.31. The maximum atomic E-state index is 11.9. The highest BCUT2D eigenvalue weighted by atomic mass is 35.5. The zero-order valence-electron chi connectivity index (χ0n) is 23.0. The number of esters is 1.